The first-order chi connectivity index (χ1) is 20.1. The molecule has 0 saturated heterocycles. The number of hydrogen-bond donors (Lipinski definition) is 3. The minimum absolute atomic E-state index is 0.0929. The fourth-order valence-electron chi connectivity index (χ4n) is 5.91. The van der Waals surface area contributed by atoms with Crippen molar-refractivity contribution in [1.29, 1.82) is 0 Å². The SMILES string of the molecule is Cc1n[nH]c(C)c1-c1ncc(NC(=O)[C@@H](NC(=O)c2ccnn2C(C)C)C2c3ccc(F)cc3OCC23CC3)cc1F. The molecule has 1 spiro atoms. The van der Waals surface area contributed by atoms with Crippen molar-refractivity contribution in [2.24, 2.45) is 5.41 Å². The van der Waals surface area contributed by atoms with Crippen molar-refractivity contribution in [3.8, 4) is 17.0 Å². The Morgan fingerprint density at radius 3 is 2.62 bits per heavy atom. The van der Waals surface area contributed by atoms with Crippen LogP contribution in [0.5, 0.6) is 5.75 Å². The molecule has 2 aliphatic rings. The van der Waals surface area contributed by atoms with Crippen molar-refractivity contribution in [2.75, 3.05) is 11.9 Å². The Balaban J connectivity index is 1.36. The summed E-state index contributed by atoms with van der Waals surface area (Å²) < 4.78 is 36.9. The second-order valence-corrected chi connectivity index (χ2v) is 11.4. The summed E-state index contributed by atoms with van der Waals surface area (Å²) >= 11 is 0. The highest BCUT2D eigenvalue weighted by molar-refractivity contribution is 6.01. The topological polar surface area (TPSA) is 127 Å². The smallest absolute Gasteiger partial charge is 0.270 e. The molecule has 3 N–H and O–H groups in total. The quantitative estimate of drug-likeness (QED) is 0.290. The lowest BCUT2D eigenvalue weighted by Gasteiger charge is -2.38. The molecular weight excluding hydrogens is 544 g/mol. The molecule has 1 aromatic carbocycles. The zero-order valence-corrected chi connectivity index (χ0v) is 23.7. The normalized spacial score (nSPS) is 17.5. The number of carbonyl (C=O) groups excluding carboxylic acids is 2. The van der Waals surface area contributed by atoms with Crippen LogP contribution in [-0.4, -0.2) is 49.4 Å². The lowest BCUT2D eigenvalue weighted by atomic mass is 9.76. The Hall–Kier alpha value is -4.61. The van der Waals surface area contributed by atoms with Gasteiger partial charge in [-0.05, 0) is 52.7 Å². The third kappa shape index (κ3) is 4.80. The standard InChI is InChI=1S/C30H31F2N7O3/c1-15(2)39-22(7-10-34-39)28(40)36-27(25-20-6-5-18(31)11-23(20)42-14-30(25)8-9-30)29(41)35-19-12-21(32)26(33-13-19)24-16(3)37-38-17(24)4/h5-7,10-13,15,25,27H,8-9,14H2,1-4H3,(H,35,41)(H,36,40)(H,37,38)/t25?,27-/m0/s1. The first-order valence-electron chi connectivity index (χ1n) is 13.8. The predicted molar refractivity (Wildman–Crippen MR) is 150 cm³/mol. The molecule has 218 valence electrons. The van der Waals surface area contributed by atoms with Crippen LogP contribution >= 0.6 is 0 Å². The van der Waals surface area contributed by atoms with Crippen LogP contribution < -0.4 is 15.4 Å². The van der Waals surface area contributed by atoms with Crippen LogP contribution in [-0.2, 0) is 4.79 Å². The van der Waals surface area contributed by atoms with E-state index in [9.17, 15) is 14.0 Å². The van der Waals surface area contributed by atoms with Crippen LogP contribution in [0, 0.1) is 30.9 Å². The van der Waals surface area contributed by atoms with Gasteiger partial charge in [0.1, 0.15) is 29.0 Å². The molecule has 6 rings (SSSR count). The van der Waals surface area contributed by atoms with E-state index in [1.165, 1.54) is 30.6 Å². The molecule has 1 unspecified atom stereocenters. The van der Waals surface area contributed by atoms with Gasteiger partial charge >= 0.3 is 0 Å². The average Bonchev–Trinajstić information content (AvgIpc) is 3.37. The van der Waals surface area contributed by atoms with Crippen LogP contribution in [0.2, 0.25) is 0 Å². The van der Waals surface area contributed by atoms with Gasteiger partial charge in [0.2, 0.25) is 5.91 Å². The van der Waals surface area contributed by atoms with E-state index in [-0.39, 0.29) is 24.0 Å². The molecule has 1 saturated carbocycles. The number of benzene rings is 1. The van der Waals surface area contributed by atoms with Crippen LogP contribution in [0.3, 0.4) is 0 Å². The number of aromatic amines is 1. The molecule has 2 atom stereocenters. The maximum absolute atomic E-state index is 15.3. The third-order valence-corrected chi connectivity index (χ3v) is 8.15. The van der Waals surface area contributed by atoms with Gasteiger partial charge in [-0.1, -0.05) is 6.07 Å². The molecule has 10 nitrogen and oxygen atoms in total. The molecule has 4 aromatic rings. The molecule has 1 fully saturated rings. The van der Waals surface area contributed by atoms with Gasteiger partial charge in [0, 0.05) is 52.5 Å². The van der Waals surface area contributed by atoms with Gasteiger partial charge < -0.3 is 15.4 Å². The zero-order chi connectivity index (χ0) is 29.8. The number of H-pyrrole nitrogens is 1. The number of carbonyl (C=O) groups is 2. The van der Waals surface area contributed by atoms with E-state index in [1.54, 1.807) is 30.7 Å². The van der Waals surface area contributed by atoms with Gasteiger partial charge in [0.15, 0.2) is 5.82 Å². The number of aryl methyl sites for hydroxylation is 2. The van der Waals surface area contributed by atoms with Crippen molar-refractivity contribution in [3.05, 3.63) is 77.0 Å². The lowest BCUT2D eigenvalue weighted by Crippen LogP contribution is -2.52. The van der Waals surface area contributed by atoms with E-state index < -0.39 is 40.8 Å². The molecule has 42 heavy (non-hydrogen) atoms. The number of nitrogens with zero attached hydrogens (tertiary/aromatic N) is 4. The maximum Gasteiger partial charge on any atom is 0.270 e. The van der Waals surface area contributed by atoms with Crippen LogP contribution in [0.4, 0.5) is 14.5 Å². The average molecular weight is 576 g/mol. The van der Waals surface area contributed by atoms with Gasteiger partial charge in [0.05, 0.1) is 24.2 Å². The van der Waals surface area contributed by atoms with Crippen molar-refractivity contribution >= 4 is 17.5 Å². The van der Waals surface area contributed by atoms with E-state index in [0.29, 0.717) is 34.0 Å². The first-order valence-corrected chi connectivity index (χ1v) is 13.8. The second kappa shape index (κ2) is 10.3. The van der Waals surface area contributed by atoms with E-state index in [4.69, 9.17) is 4.74 Å². The van der Waals surface area contributed by atoms with Crippen LogP contribution in [0.1, 0.15) is 66.1 Å². The summed E-state index contributed by atoms with van der Waals surface area (Å²) in [6, 6.07) is 5.81. The van der Waals surface area contributed by atoms with Gasteiger partial charge in [-0.2, -0.15) is 10.2 Å². The second-order valence-electron chi connectivity index (χ2n) is 11.4. The Kier molecular flexibility index (Phi) is 6.78. The van der Waals surface area contributed by atoms with E-state index in [2.05, 4.69) is 30.9 Å². The van der Waals surface area contributed by atoms with Crippen LogP contribution in [0.15, 0.2) is 42.7 Å². The van der Waals surface area contributed by atoms with Crippen molar-refractivity contribution < 1.29 is 23.1 Å². The Bertz CT molecular complexity index is 1670. The van der Waals surface area contributed by atoms with Gasteiger partial charge in [-0.25, -0.2) is 8.78 Å². The molecule has 0 bridgehead atoms. The third-order valence-electron chi connectivity index (χ3n) is 8.15. The highest BCUT2D eigenvalue weighted by Crippen LogP contribution is 2.61. The summed E-state index contributed by atoms with van der Waals surface area (Å²) in [6.45, 7) is 7.60. The molecule has 0 radical (unpaired) electrons. The molecule has 3 aromatic heterocycles. The Labute approximate surface area is 240 Å². The number of aromatic nitrogens is 5. The Morgan fingerprint density at radius 2 is 1.95 bits per heavy atom. The summed E-state index contributed by atoms with van der Waals surface area (Å²) in [5.74, 6) is -2.33. The molecule has 2 amide bonds. The van der Waals surface area contributed by atoms with Gasteiger partial charge in [-0.15, -0.1) is 0 Å². The predicted octanol–water partition coefficient (Wildman–Crippen LogP) is 4.84. The number of fused-ring (bicyclic) bond motifs is 1. The molecule has 12 heteroatoms. The monoisotopic (exact) mass is 575 g/mol. The Morgan fingerprint density at radius 1 is 1.17 bits per heavy atom. The van der Waals surface area contributed by atoms with E-state index in [1.807, 2.05) is 13.8 Å². The zero-order valence-electron chi connectivity index (χ0n) is 23.7. The number of rotatable bonds is 7. The number of ether oxygens (including phenoxy) is 1. The highest BCUT2D eigenvalue weighted by Gasteiger charge is 2.58. The molecule has 1 aliphatic heterocycles. The summed E-state index contributed by atoms with van der Waals surface area (Å²) in [5.41, 5.74) is 2.57. The molecule has 4 heterocycles. The number of anilines is 1. The minimum Gasteiger partial charge on any atom is -0.493 e. The number of nitrogens with one attached hydrogen (secondary N) is 3. The van der Waals surface area contributed by atoms with E-state index in [0.717, 1.165) is 12.8 Å². The van der Waals surface area contributed by atoms with Crippen molar-refractivity contribution in [2.45, 2.75) is 58.5 Å². The van der Waals surface area contributed by atoms with Crippen molar-refractivity contribution in [3.63, 3.8) is 0 Å². The van der Waals surface area contributed by atoms with Gasteiger partial charge in [0.25, 0.3) is 5.91 Å². The largest absolute Gasteiger partial charge is 0.493 e. The maximum atomic E-state index is 15.3. The summed E-state index contributed by atoms with van der Waals surface area (Å²) in [7, 11) is 0. The van der Waals surface area contributed by atoms with Crippen LogP contribution in [0.25, 0.3) is 11.3 Å². The highest BCUT2D eigenvalue weighted by atomic mass is 19.1. The number of halogens is 2. The van der Waals surface area contributed by atoms with Crippen molar-refractivity contribution in [1.82, 2.24) is 30.3 Å². The molecular formula is C30H31F2N7O3. The van der Waals surface area contributed by atoms with E-state index >= 15 is 4.39 Å². The fraction of sp³-hybridized carbons (Fsp3) is 0.367. The molecule has 1 aliphatic carbocycles. The summed E-state index contributed by atoms with van der Waals surface area (Å²) in [4.78, 5) is 31.9. The number of amides is 2. The van der Waals surface area contributed by atoms with Gasteiger partial charge in [-0.3, -0.25) is 24.4 Å². The summed E-state index contributed by atoms with van der Waals surface area (Å²) in [6.07, 6.45) is 4.44. The minimum atomic E-state index is -1.09. The number of hydrogen-bond acceptors (Lipinski definition) is 6. The number of pyridine rings is 1. The fourth-order valence-corrected chi connectivity index (χ4v) is 5.91. The summed E-state index contributed by atoms with van der Waals surface area (Å²) in [5, 5.41) is 16.9. The first kappa shape index (κ1) is 27.6. The lowest BCUT2D eigenvalue weighted by molar-refractivity contribution is -0.119.